The van der Waals surface area contributed by atoms with E-state index in [0.29, 0.717) is 5.92 Å². The lowest BCUT2D eigenvalue weighted by atomic mass is 9.82. The minimum atomic E-state index is 0.364. The third kappa shape index (κ3) is 3.52. The lowest BCUT2D eigenvalue weighted by Crippen LogP contribution is -2.10. The maximum atomic E-state index is 2.56. The monoisotopic (exact) mass is 610 g/mol. The van der Waals surface area contributed by atoms with Gasteiger partial charge in [0.05, 0.1) is 22.1 Å². The summed E-state index contributed by atoms with van der Waals surface area (Å²) in [6, 6.07) is 58.1. The molecule has 9 aromatic rings. The van der Waals surface area contributed by atoms with Gasteiger partial charge in [-0.2, -0.15) is 0 Å². The molecule has 0 saturated heterocycles. The van der Waals surface area contributed by atoms with Crippen LogP contribution in [0.5, 0.6) is 0 Å². The first-order chi connectivity index (χ1) is 23.8. The van der Waals surface area contributed by atoms with Gasteiger partial charge in [-0.25, -0.2) is 0 Å². The molecule has 0 spiro atoms. The number of rotatable bonds is 3. The molecule has 2 aliphatic rings. The smallest absolute Gasteiger partial charge is 0.0577 e. The molecule has 2 heteroatoms. The number of benzene rings is 7. The van der Waals surface area contributed by atoms with Crippen molar-refractivity contribution in [2.24, 2.45) is 0 Å². The molecular formula is C46H30N2. The molecule has 1 aliphatic heterocycles. The van der Waals surface area contributed by atoms with Crippen LogP contribution in [0.15, 0.2) is 158 Å². The van der Waals surface area contributed by atoms with Crippen LogP contribution in [0.4, 0.5) is 0 Å². The first-order valence-electron chi connectivity index (χ1n) is 16.9. The van der Waals surface area contributed by atoms with Gasteiger partial charge in [0.25, 0.3) is 0 Å². The molecule has 224 valence electrons. The fourth-order valence-corrected chi connectivity index (χ4v) is 8.74. The van der Waals surface area contributed by atoms with Gasteiger partial charge in [-0.1, -0.05) is 121 Å². The van der Waals surface area contributed by atoms with Crippen LogP contribution in [-0.2, 0) is 6.42 Å². The van der Waals surface area contributed by atoms with E-state index in [0.717, 1.165) is 6.42 Å². The molecule has 3 heterocycles. The van der Waals surface area contributed by atoms with E-state index in [1.165, 1.54) is 93.9 Å². The summed E-state index contributed by atoms with van der Waals surface area (Å²) in [7, 11) is 0. The molecule has 2 nitrogen and oxygen atoms in total. The largest absolute Gasteiger partial charge is 0.312 e. The average Bonchev–Trinajstić information content (AvgIpc) is 3.79. The highest BCUT2D eigenvalue weighted by Crippen LogP contribution is 2.52. The molecule has 7 aromatic carbocycles. The summed E-state index contributed by atoms with van der Waals surface area (Å²) in [5.74, 6) is 0.364. The van der Waals surface area contributed by atoms with Gasteiger partial charge in [0.2, 0.25) is 0 Å². The first kappa shape index (κ1) is 26.0. The van der Waals surface area contributed by atoms with E-state index in [1.807, 2.05) is 0 Å². The molecule has 0 radical (unpaired) electrons. The van der Waals surface area contributed by atoms with Crippen LogP contribution in [0.1, 0.15) is 22.6 Å². The summed E-state index contributed by atoms with van der Waals surface area (Å²) >= 11 is 0. The van der Waals surface area contributed by atoms with Crippen LogP contribution in [0.25, 0.3) is 83.3 Å². The second-order valence-electron chi connectivity index (χ2n) is 13.3. The summed E-state index contributed by atoms with van der Waals surface area (Å²) < 4.78 is 5.04. The van der Waals surface area contributed by atoms with Gasteiger partial charge < -0.3 is 9.13 Å². The van der Waals surface area contributed by atoms with Crippen molar-refractivity contribution in [3.05, 3.63) is 174 Å². The minimum Gasteiger partial charge on any atom is -0.312 e. The van der Waals surface area contributed by atoms with E-state index in [9.17, 15) is 0 Å². The standard InChI is InChI=1S/C46H30N2/c1-3-12-29(13-4-1)32-24-33(30-14-5-2-6-15-30)26-34(25-32)47-42-21-10-8-17-38(42)45-39-28-44-40(27-31(39)22-23-43(45)47)37-19-11-18-36-35-16-7-9-20-41(35)48(44)46(36)37/h1-26,28,40H,27H2. The highest BCUT2D eigenvalue weighted by Gasteiger charge is 2.35. The van der Waals surface area contributed by atoms with Gasteiger partial charge in [0, 0.05) is 38.8 Å². The fourth-order valence-electron chi connectivity index (χ4n) is 8.74. The van der Waals surface area contributed by atoms with Crippen LogP contribution in [0, 0.1) is 0 Å². The van der Waals surface area contributed by atoms with Crippen LogP contribution >= 0.6 is 0 Å². The Labute approximate surface area is 278 Å². The molecular weight excluding hydrogens is 581 g/mol. The van der Waals surface area contributed by atoms with Crippen molar-refractivity contribution in [1.82, 2.24) is 9.13 Å². The molecule has 11 rings (SSSR count). The van der Waals surface area contributed by atoms with Crippen molar-refractivity contribution < 1.29 is 0 Å². The van der Waals surface area contributed by atoms with Crippen LogP contribution in [-0.4, -0.2) is 9.13 Å². The van der Waals surface area contributed by atoms with Crippen LogP contribution in [0.2, 0.25) is 0 Å². The van der Waals surface area contributed by atoms with Crippen molar-refractivity contribution in [3.8, 4) is 27.9 Å². The highest BCUT2D eigenvalue weighted by molar-refractivity contribution is 6.18. The zero-order chi connectivity index (χ0) is 31.3. The van der Waals surface area contributed by atoms with Crippen molar-refractivity contribution in [3.63, 3.8) is 0 Å². The molecule has 1 atom stereocenters. The summed E-state index contributed by atoms with van der Waals surface area (Å²) in [6.07, 6.45) is 3.53. The Hall–Kier alpha value is -6.12. The summed E-state index contributed by atoms with van der Waals surface area (Å²) in [4.78, 5) is 0. The highest BCUT2D eigenvalue weighted by atomic mass is 15.0. The van der Waals surface area contributed by atoms with E-state index in [-0.39, 0.29) is 0 Å². The van der Waals surface area contributed by atoms with Gasteiger partial charge in [-0.15, -0.1) is 0 Å². The third-order valence-corrected chi connectivity index (χ3v) is 10.8. The maximum Gasteiger partial charge on any atom is 0.0577 e. The van der Waals surface area contributed by atoms with Crippen LogP contribution in [0.3, 0.4) is 0 Å². The quantitative estimate of drug-likeness (QED) is 0.188. The molecule has 1 unspecified atom stereocenters. The number of nitrogens with zero attached hydrogens (tertiary/aromatic N) is 2. The third-order valence-electron chi connectivity index (χ3n) is 10.8. The Bertz CT molecular complexity index is 2740. The number of fused-ring (bicyclic) bond motifs is 11. The lowest BCUT2D eigenvalue weighted by Gasteiger charge is -2.24. The molecule has 0 saturated carbocycles. The van der Waals surface area contributed by atoms with Crippen molar-refractivity contribution in [1.29, 1.82) is 0 Å². The predicted octanol–water partition coefficient (Wildman–Crippen LogP) is 11.9. The molecule has 2 aromatic heterocycles. The Balaban J connectivity index is 1.19. The number of allylic oxidation sites excluding steroid dienone is 1. The van der Waals surface area contributed by atoms with E-state index in [4.69, 9.17) is 0 Å². The number of para-hydroxylation sites is 3. The normalized spacial score (nSPS) is 14.9. The molecule has 0 fully saturated rings. The number of hydrogen-bond acceptors (Lipinski definition) is 0. The second kappa shape index (κ2) is 9.70. The lowest BCUT2D eigenvalue weighted by molar-refractivity contribution is 0.847. The van der Waals surface area contributed by atoms with E-state index >= 15 is 0 Å². The maximum absolute atomic E-state index is 2.56. The zero-order valence-corrected chi connectivity index (χ0v) is 26.3. The van der Waals surface area contributed by atoms with Gasteiger partial charge in [0.1, 0.15) is 0 Å². The summed E-state index contributed by atoms with van der Waals surface area (Å²) in [5, 5.41) is 5.33. The number of hydrogen-bond donors (Lipinski definition) is 0. The van der Waals surface area contributed by atoms with Gasteiger partial charge in [0.15, 0.2) is 0 Å². The van der Waals surface area contributed by atoms with Crippen molar-refractivity contribution >= 4 is 55.4 Å². The van der Waals surface area contributed by atoms with Gasteiger partial charge in [-0.3, -0.25) is 0 Å². The summed E-state index contributed by atoms with van der Waals surface area (Å²) in [5.41, 5.74) is 16.8. The SMILES string of the molecule is C1=C2C(Cc3ccc4c(c31)c1ccccc1n4-c1cc(-c3ccccc3)cc(-c3ccccc3)c1)c1cccc3c4ccccc4n2c13. The van der Waals surface area contributed by atoms with Gasteiger partial charge in [-0.05, 0) is 87.8 Å². The molecule has 0 amide bonds. The summed E-state index contributed by atoms with van der Waals surface area (Å²) in [6.45, 7) is 0. The van der Waals surface area contributed by atoms with Crippen molar-refractivity contribution in [2.45, 2.75) is 12.3 Å². The van der Waals surface area contributed by atoms with Crippen molar-refractivity contribution in [2.75, 3.05) is 0 Å². The predicted molar refractivity (Wildman–Crippen MR) is 202 cm³/mol. The van der Waals surface area contributed by atoms with Crippen LogP contribution < -0.4 is 0 Å². The molecule has 0 N–H and O–H groups in total. The molecule has 0 bridgehead atoms. The minimum absolute atomic E-state index is 0.364. The zero-order valence-electron chi connectivity index (χ0n) is 26.3. The first-order valence-corrected chi connectivity index (χ1v) is 16.9. The number of aromatic nitrogens is 2. The Morgan fingerprint density at radius 2 is 1.08 bits per heavy atom. The Morgan fingerprint density at radius 3 is 1.81 bits per heavy atom. The average molecular weight is 611 g/mol. The molecule has 48 heavy (non-hydrogen) atoms. The topological polar surface area (TPSA) is 9.86 Å². The van der Waals surface area contributed by atoms with E-state index in [2.05, 4.69) is 173 Å². The van der Waals surface area contributed by atoms with Gasteiger partial charge >= 0.3 is 0 Å². The van der Waals surface area contributed by atoms with E-state index in [1.54, 1.807) is 0 Å². The van der Waals surface area contributed by atoms with E-state index < -0.39 is 0 Å². The fraction of sp³-hybridized carbons (Fsp3) is 0.0435. The molecule has 1 aliphatic carbocycles. The Morgan fingerprint density at radius 1 is 0.458 bits per heavy atom. The second-order valence-corrected chi connectivity index (χ2v) is 13.3. The Kier molecular flexibility index (Phi) is 5.25.